The van der Waals surface area contributed by atoms with Gasteiger partial charge in [0.05, 0.1) is 22.3 Å². The van der Waals surface area contributed by atoms with Gasteiger partial charge in [0.15, 0.2) is 0 Å². The number of allylic oxidation sites excluding steroid dienone is 1. The number of hydrogen-bond donors (Lipinski definition) is 2. The van der Waals surface area contributed by atoms with Gasteiger partial charge in [-0.3, -0.25) is 14.5 Å². The number of nitrogens with one attached hydrogen (secondary N) is 1. The first kappa shape index (κ1) is 24.5. The smallest absolute Gasteiger partial charge is 0.267 e. The third-order valence-electron chi connectivity index (χ3n) is 9.58. The number of piperazine rings is 1. The van der Waals surface area contributed by atoms with Gasteiger partial charge < -0.3 is 24.8 Å². The minimum Gasteiger partial charge on any atom is -0.483 e. The van der Waals surface area contributed by atoms with Crippen molar-refractivity contribution in [2.24, 2.45) is 11.3 Å². The van der Waals surface area contributed by atoms with Crippen molar-refractivity contribution in [3.63, 3.8) is 0 Å². The molecule has 1 aromatic rings. The number of carbonyl (C=O) groups is 2. The minimum absolute atomic E-state index is 0.0504. The van der Waals surface area contributed by atoms with Crippen molar-refractivity contribution in [3.05, 3.63) is 41.1 Å². The first-order chi connectivity index (χ1) is 17.5. The summed E-state index contributed by atoms with van der Waals surface area (Å²) in [7, 11) is 1.59. The van der Waals surface area contributed by atoms with Gasteiger partial charge in [0, 0.05) is 38.3 Å². The SMILES string of the molecule is COCN1C(=O)[C@@]2(C[C@@]3(CN4CCCC=C4C(=O)N3)[C@@H](CO)C2(C)C)c2ccc3c(c21)C=CC(C)(C)O3. The quantitative estimate of drug-likeness (QED) is 0.654. The van der Waals surface area contributed by atoms with Crippen LogP contribution in [0.15, 0.2) is 30.0 Å². The Morgan fingerprint density at radius 1 is 1.22 bits per heavy atom. The molecule has 6 rings (SSSR count). The number of methoxy groups -OCH3 is 1. The van der Waals surface area contributed by atoms with E-state index >= 15 is 0 Å². The Balaban J connectivity index is 1.54. The highest BCUT2D eigenvalue weighted by molar-refractivity contribution is 6.11. The van der Waals surface area contributed by atoms with Crippen LogP contribution in [0.5, 0.6) is 5.75 Å². The van der Waals surface area contributed by atoms with Gasteiger partial charge in [-0.15, -0.1) is 0 Å². The average molecular weight is 508 g/mol. The normalized spacial score (nSPS) is 32.7. The fraction of sp³-hybridized carbons (Fsp3) is 0.586. The molecule has 1 aliphatic carbocycles. The zero-order valence-electron chi connectivity index (χ0n) is 22.4. The Labute approximate surface area is 218 Å². The lowest BCUT2D eigenvalue weighted by Crippen LogP contribution is -2.65. The molecule has 198 valence electrons. The van der Waals surface area contributed by atoms with Crippen LogP contribution in [0.3, 0.4) is 0 Å². The van der Waals surface area contributed by atoms with Crippen LogP contribution < -0.4 is 15.0 Å². The summed E-state index contributed by atoms with van der Waals surface area (Å²) in [5, 5.41) is 14.2. The molecular formula is C29H37N3O5. The molecule has 2 fully saturated rings. The lowest BCUT2D eigenvalue weighted by atomic mass is 9.61. The molecule has 8 heteroatoms. The van der Waals surface area contributed by atoms with Crippen molar-refractivity contribution < 1.29 is 24.2 Å². The highest BCUT2D eigenvalue weighted by atomic mass is 16.5. The van der Waals surface area contributed by atoms with Crippen LogP contribution in [0.25, 0.3) is 6.08 Å². The van der Waals surface area contributed by atoms with E-state index in [2.05, 4.69) is 24.1 Å². The van der Waals surface area contributed by atoms with Crippen LogP contribution in [0, 0.1) is 11.3 Å². The first-order valence-electron chi connectivity index (χ1n) is 13.3. The fourth-order valence-electron chi connectivity index (χ4n) is 7.92. The number of anilines is 1. The van der Waals surface area contributed by atoms with Crippen molar-refractivity contribution in [2.45, 2.75) is 63.5 Å². The van der Waals surface area contributed by atoms with Crippen LogP contribution in [-0.4, -0.2) is 66.5 Å². The molecule has 3 atom stereocenters. The molecule has 2 spiro atoms. The predicted octanol–water partition coefficient (Wildman–Crippen LogP) is 2.95. The van der Waals surface area contributed by atoms with Gasteiger partial charge in [-0.25, -0.2) is 0 Å². The summed E-state index contributed by atoms with van der Waals surface area (Å²) in [6.45, 7) is 9.52. The van der Waals surface area contributed by atoms with Gasteiger partial charge in [0.25, 0.3) is 5.91 Å². The lowest BCUT2D eigenvalue weighted by molar-refractivity contribution is -0.128. The van der Waals surface area contributed by atoms with E-state index in [1.165, 1.54) is 0 Å². The highest BCUT2D eigenvalue weighted by Gasteiger charge is 2.73. The zero-order chi connectivity index (χ0) is 26.4. The van der Waals surface area contributed by atoms with E-state index in [1.54, 1.807) is 12.0 Å². The van der Waals surface area contributed by atoms with Crippen LogP contribution in [-0.2, 0) is 19.7 Å². The first-order valence-corrected chi connectivity index (χ1v) is 13.3. The van der Waals surface area contributed by atoms with Gasteiger partial charge in [0.2, 0.25) is 5.91 Å². The highest BCUT2D eigenvalue weighted by Crippen LogP contribution is 2.67. The maximum atomic E-state index is 14.6. The Bertz CT molecular complexity index is 1250. The standard InChI is InChI=1S/C29H37N3O5/c1-26(2)12-11-18-21(37-26)10-9-19-23(18)32(17-36-5)25(35)29(19)15-28(22(14-33)27(29,3)4)16-31-13-7-6-8-20(31)24(34)30-28/h8-12,22,33H,6-7,13-17H2,1-5H3,(H,30,34)/t22-,28+,29+/m0/s1. The summed E-state index contributed by atoms with van der Waals surface area (Å²) in [5.41, 5.74) is 0.495. The largest absolute Gasteiger partial charge is 0.483 e. The van der Waals surface area contributed by atoms with E-state index in [0.29, 0.717) is 18.7 Å². The molecule has 0 aromatic heterocycles. The number of carbonyl (C=O) groups excluding carboxylic acids is 2. The average Bonchev–Trinajstić information content (AvgIpc) is 3.18. The summed E-state index contributed by atoms with van der Waals surface area (Å²) in [5.74, 6) is 0.246. The summed E-state index contributed by atoms with van der Waals surface area (Å²) >= 11 is 0. The van der Waals surface area contributed by atoms with Crippen molar-refractivity contribution in [2.75, 3.05) is 38.4 Å². The molecule has 4 aliphatic heterocycles. The Morgan fingerprint density at radius 2 is 2.00 bits per heavy atom. The van der Waals surface area contributed by atoms with E-state index in [0.717, 1.165) is 42.0 Å². The van der Waals surface area contributed by atoms with Crippen LogP contribution in [0.1, 0.15) is 58.1 Å². The molecular weight excluding hydrogens is 470 g/mol. The lowest BCUT2D eigenvalue weighted by Gasteiger charge is -2.48. The molecule has 8 nitrogen and oxygen atoms in total. The second-order valence-corrected chi connectivity index (χ2v) is 12.4. The van der Waals surface area contributed by atoms with E-state index in [4.69, 9.17) is 9.47 Å². The summed E-state index contributed by atoms with van der Waals surface area (Å²) < 4.78 is 11.8. The third-order valence-corrected chi connectivity index (χ3v) is 9.58. The predicted molar refractivity (Wildman–Crippen MR) is 140 cm³/mol. The molecule has 0 radical (unpaired) electrons. The number of aliphatic hydroxyl groups is 1. The molecule has 0 bridgehead atoms. The van der Waals surface area contributed by atoms with Gasteiger partial charge in [-0.2, -0.15) is 0 Å². The molecule has 1 saturated heterocycles. The molecule has 5 aliphatic rings. The molecule has 1 saturated carbocycles. The second kappa shape index (κ2) is 7.84. The van der Waals surface area contributed by atoms with E-state index in [-0.39, 0.29) is 31.1 Å². The Morgan fingerprint density at radius 3 is 2.73 bits per heavy atom. The van der Waals surface area contributed by atoms with Gasteiger partial charge >= 0.3 is 0 Å². The number of ether oxygens (including phenoxy) is 2. The number of fused-ring (bicyclic) bond motifs is 5. The summed E-state index contributed by atoms with van der Waals surface area (Å²) in [6, 6.07) is 3.98. The molecule has 4 heterocycles. The fourth-order valence-corrected chi connectivity index (χ4v) is 7.92. The molecule has 0 unspecified atom stereocenters. The number of nitrogens with zero attached hydrogens (tertiary/aromatic N) is 2. The molecule has 2 N–H and O–H groups in total. The Kier molecular flexibility index (Phi) is 5.19. The topological polar surface area (TPSA) is 91.3 Å². The number of hydrogen-bond acceptors (Lipinski definition) is 6. The third kappa shape index (κ3) is 3.08. The van der Waals surface area contributed by atoms with Crippen molar-refractivity contribution in [1.29, 1.82) is 0 Å². The van der Waals surface area contributed by atoms with Crippen LogP contribution in [0.4, 0.5) is 5.69 Å². The Hall–Kier alpha value is -2.84. The van der Waals surface area contributed by atoms with Gasteiger partial charge in [-0.05, 0) is 62.3 Å². The maximum Gasteiger partial charge on any atom is 0.267 e. The molecule has 37 heavy (non-hydrogen) atoms. The van der Waals surface area contributed by atoms with E-state index in [1.807, 2.05) is 44.2 Å². The maximum absolute atomic E-state index is 14.6. The van der Waals surface area contributed by atoms with E-state index in [9.17, 15) is 14.7 Å². The number of amides is 2. The van der Waals surface area contributed by atoms with Crippen LogP contribution >= 0.6 is 0 Å². The molecule has 2 amide bonds. The summed E-state index contributed by atoms with van der Waals surface area (Å²) in [6.07, 6.45) is 8.35. The van der Waals surface area contributed by atoms with Gasteiger partial charge in [-0.1, -0.05) is 26.0 Å². The monoisotopic (exact) mass is 507 g/mol. The van der Waals surface area contributed by atoms with Crippen molar-refractivity contribution in [1.82, 2.24) is 10.2 Å². The second-order valence-electron chi connectivity index (χ2n) is 12.4. The molecule has 1 aromatic carbocycles. The minimum atomic E-state index is -0.950. The van der Waals surface area contributed by atoms with Gasteiger partial charge in [0.1, 0.15) is 18.1 Å². The zero-order valence-corrected chi connectivity index (χ0v) is 22.4. The number of aliphatic hydroxyl groups excluding tert-OH is 1. The van der Waals surface area contributed by atoms with Crippen LogP contribution in [0.2, 0.25) is 0 Å². The van der Waals surface area contributed by atoms with Crippen molar-refractivity contribution in [3.8, 4) is 5.75 Å². The van der Waals surface area contributed by atoms with Crippen molar-refractivity contribution >= 4 is 23.6 Å². The number of rotatable bonds is 3. The summed E-state index contributed by atoms with van der Waals surface area (Å²) in [4.78, 5) is 31.9. The van der Waals surface area contributed by atoms with E-state index < -0.39 is 22.0 Å². The number of benzene rings is 1.